The van der Waals surface area contributed by atoms with Crippen LogP contribution in [0.1, 0.15) is 12.0 Å². The zero-order valence-electron chi connectivity index (χ0n) is 12.5. The van der Waals surface area contributed by atoms with Crippen LogP contribution in [0.15, 0.2) is 38.5 Å². The van der Waals surface area contributed by atoms with Gasteiger partial charge in [0.25, 0.3) is 10.0 Å². The molecular weight excluding hydrogens is 445 g/mol. The second-order valence-corrected chi connectivity index (χ2v) is 9.96. The Hall–Kier alpha value is -1.17. The van der Waals surface area contributed by atoms with Gasteiger partial charge in [-0.25, -0.2) is 13.4 Å². The maximum absolute atomic E-state index is 12.7. The van der Waals surface area contributed by atoms with E-state index in [2.05, 4.69) is 20.9 Å². The molecule has 0 amide bonds. The van der Waals surface area contributed by atoms with Crippen LogP contribution in [0.25, 0.3) is 0 Å². The molecule has 11 heteroatoms. The fourth-order valence-corrected chi connectivity index (χ4v) is 6.05. The summed E-state index contributed by atoms with van der Waals surface area (Å²) in [5.74, 6) is -0.169. The quantitative estimate of drug-likeness (QED) is 0.702. The first-order chi connectivity index (χ1) is 11.7. The Bertz CT molecular complexity index is 870. The summed E-state index contributed by atoms with van der Waals surface area (Å²) in [7, 11) is -3.63. The minimum atomic E-state index is -4.49. The van der Waals surface area contributed by atoms with E-state index in [1.807, 2.05) is 0 Å². The van der Waals surface area contributed by atoms with Gasteiger partial charge in [0.05, 0.1) is 15.9 Å². The van der Waals surface area contributed by atoms with Crippen molar-refractivity contribution in [2.45, 2.75) is 22.9 Å². The zero-order chi connectivity index (χ0) is 18.2. The first-order valence-electron chi connectivity index (χ1n) is 7.11. The summed E-state index contributed by atoms with van der Waals surface area (Å²) in [5.41, 5.74) is -0.858. The lowest BCUT2D eigenvalue weighted by Gasteiger charge is -2.16. The Morgan fingerprint density at radius 2 is 2.08 bits per heavy atom. The SMILES string of the molecule is O=S(=O)(c1ccc(Br)s1)N1CCC(Oc2cc(C(F)(F)F)ccn2)C1. The van der Waals surface area contributed by atoms with Crippen molar-refractivity contribution in [3.8, 4) is 5.88 Å². The molecule has 1 aliphatic heterocycles. The second kappa shape index (κ2) is 6.86. The molecule has 1 fully saturated rings. The number of aromatic nitrogens is 1. The zero-order valence-corrected chi connectivity index (χ0v) is 15.8. The van der Waals surface area contributed by atoms with Crippen molar-refractivity contribution in [1.29, 1.82) is 0 Å². The summed E-state index contributed by atoms with van der Waals surface area (Å²) in [4.78, 5) is 3.77. The van der Waals surface area contributed by atoms with Gasteiger partial charge in [-0.15, -0.1) is 11.3 Å². The Morgan fingerprint density at radius 3 is 2.72 bits per heavy atom. The number of ether oxygens (including phenoxy) is 1. The number of hydrogen-bond donors (Lipinski definition) is 0. The average Bonchev–Trinajstić information content (AvgIpc) is 3.16. The van der Waals surface area contributed by atoms with Gasteiger partial charge in [0.15, 0.2) is 0 Å². The predicted molar refractivity (Wildman–Crippen MR) is 89.0 cm³/mol. The molecule has 1 atom stereocenters. The topological polar surface area (TPSA) is 59.5 Å². The van der Waals surface area contributed by atoms with Gasteiger partial charge in [-0.05, 0) is 40.5 Å². The van der Waals surface area contributed by atoms with E-state index in [0.29, 0.717) is 10.2 Å². The Balaban J connectivity index is 1.70. The van der Waals surface area contributed by atoms with Gasteiger partial charge in [-0.3, -0.25) is 0 Å². The Kier molecular flexibility index (Phi) is 5.11. The number of hydrogen-bond acceptors (Lipinski definition) is 5. The van der Waals surface area contributed by atoms with Gasteiger partial charge in [0.1, 0.15) is 10.3 Å². The first kappa shape index (κ1) is 18.6. The molecule has 0 saturated carbocycles. The molecule has 2 aromatic rings. The fraction of sp³-hybridized carbons (Fsp3) is 0.357. The van der Waals surface area contributed by atoms with E-state index in [4.69, 9.17) is 4.74 Å². The molecule has 5 nitrogen and oxygen atoms in total. The standard InChI is InChI=1S/C14H12BrF3N2O3S2/c15-11-1-2-13(24-11)25(21,22)20-6-4-10(8-20)23-12-7-9(3-5-19-12)14(16,17)18/h1-3,5,7,10H,4,6,8H2. The summed E-state index contributed by atoms with van der Waals surface area (Å²) in [6.07, 6.45) is -3.64. The largest absolute Gasteiger partial charge is 0.473 e. The molecule has 25 heavy (non-hydrogen) atoms. The molecule has 3 heterocycles. The monoisotopic (exact) mass is 456 g/mol. The number of rotatable bonds is 4. The highest BCUT2D eigenvalue weighted by Crippen LogP contribution is 2.32. The van der Waals surface area contributed by atoms with E-state index in [0.717, 1.165) is 29.7 Å². The lowest BCUT2D eigenvalue weighted by Crippen LogP contribution is -2.30. The van der Waals surface area contributed by atoms with Crippen LogP contribution < -0.4 is 4.74 Å². The molecule has 2 aromatic heterocycles. The number of alkyl halides is 3. The van der Waals surface area contributed by atoms with Gasteiger partial charge in [0.2, 0.25) is 5.88 Å². The van der Waals surface area contributed by atoms with E-state index in [1.165, 1.54) is 10.4 Å². The normalized spacial score (nSPS) is 19.3. The van der Waals surface area contributed by atoms with E-state index >= 15 is 0 Å². The Morgan fingerprint density at radius 1 is 1.32 bits per heavy atom. The van der Waals surface area contributed by atoms with Crippen molar-refractivity contribution in [2.75, 3.05) is 13.1 Å². The maximum atomic E-state index is 12.7. The number of thiophene rings is 1. The molecule has 3 rings (SSSR count). The third-order valence-corrected chi connectivity index (χ3v) is 7.56. The van der Waals surface area contributed by atoms with Crippen molar-refractivity contribution in [1.82, 2.24) is 9.29 Å². The molecule has 136 valence electrons. The van der Waals surface area contributed by atoms with Crippen LogP contribution in [0.5, 0.6) is 5.88 Å². The molecule has 0 bridgehead atoms. The minimum Gasteiger partial charge on any atom is -0.473 e. The first-order valence-corrected chi connectivity index (χ1v) is 10.2. The number of pyridine rings is 1. The van der Waals surface area contributed by atoms with Gasteiger partial charge in [-0.1, -0.05) is 0 Å². The number of sulfonamides is 1. The van der Waals surface area contributed by atoms with Gasteiger partial charge >= 0.3 is 6.18 Å². The van der Waals surface area contributed by atoms with Crippen molar-refractivity contribution in [2.24, 2.45) is 0 Å². The van der Waals surface area contributed by atoms with E-state index in [-0.39, 0.29) is 23.2 Å². The average molecular weight is 457 g/mol. The molecule has 0 aliphatic carbocycles. The highest BCUT2D eigenvalue weighted by atomic mass is 79.9. The molecular formula is C14H12BrF3N2O3S2. The fourth-order valence-electron chi connectivity index (χ4n) is 2.40. The second-order valence-electron chi connectivity index (χ2n) is 5.33. The maximum Gasteiger partial charge on any atom is 0.416 e. The van der Waals surface area contributed by atoms with Crippen LogP contribution in [0.4, 0.5) is 13.2 Å². The van der Waals surface area contributed by atoms with Crippen LogP contribution in [0.2, 0.25) is 0 Å². The van der Waals surface area contributed by atoms with E-state index in [1.54, 1.807) is 6.07 Å². The third kappa shape index (κ3) is 4.15. The Labute approximate surface area is 154 Å². The summed E-state index contributed by atoms with van der Waals surface area (Å²) in [5, 5.41) is 0. The van der Waals surface area contributed by atoms with Crippen LogP contribution >= 0.6 is 27.3 Å². The summed E-state index contributed by atoms with van der Waals surface area (Å²) in [6, 6.07) is 4.82. The van der Waals surface area contributed by atoms with Crippen molar-refractivity contribution < 1.29 is 26.3 Å². The third-order valence-electron chi connectivity index (χ3n) is 3.60. The molecule has 1 unspecified atom stereocenters. The highest BCUT2D eigenvalue weighted by molar-refractivity contribution is 9.11. The molecule has 0 spiro atoms. The van der Waals surface area contributed by atoms with Crippen molar-refractivity contribution in [3.05, 3.63) is 39.8 Å². The minimum absolute atomic E-state index is 0.0653. The molecule has 1 saturated heterocycles. The van der Waals surface area contributed by atoms with Crippen LogP contribution in [-0.2, 0) is 16.2 Å². The van der Waals surface area contributed by atoms with Crippen LogP contribution in [-0.4, -0.2) is 36.9 Å². The number of nitrogens with zero attached hydrogens (tertiary/aromatic N) is 2. The molecule has 0 N–H and O–H groups in total. The smallest absolute Gasteiger partial charge is 0.416 e. The van der Waals surface area contributed by atoms with E-state index in [9.17, 15) is 21.6 Å². The predicted octanol–water partition coefficient (Wildman–Crippen LogP) is 3.77. The van der Waals surface area contributed by atoms with Crippen LogP contribution in [0.3, 0.4) is 0 Å². The van der Waals surface area contributed by atoms with Crippen LogP contribution in [0, 0.1) is 0 Å². The van der Waals surface area contributed by atoms with Gasteiger partial charge in [-0.2, -0.15) is 17.5 Å². The van der Waals surface area contributed by atoms with Crippen molar-refractivity contribution in [3.63, 3.8) is 0 Å². The molecule has 0 radical (unpaired) electrons. The van der Waals surface area contributed by atoms with Gasteiger partial charge in [0, 0.05) is 18.8 Å². The van der Waals surface area contributed by atoms with E-state index < -0.39 is 27.9 Å². The highest BCUT2D eigenvalue weighted by Gasteiger charge is 2.35. The number of halogens is 4. The molecule has 0 aromatic carbocycles. The molecule has 1 aliphatic rings. The lowest BCUT2D eigenvalue weighted by atomic mass is 10.2. The van der Waals surface area contributed by atoms with Crippen molar-refractivity contribution >= 4 is 37.3 Å². The summed E-state index contributed by atoms with van der Waals surface area (Å²) >= 11 is 4.32. The lowest BCUT2D eigenvalue weighted by molar-refractivity contribution is -0.137. The summed E-state index contributed by atoms with van der Waals surface area (Å²) in [6.45, 7) is 0.303. The summed E-state index contributed by atoms with van der Waals surface area (Å²) < 4.78 is 70.8. The van der Waals surface area contributed by atoms with Gasteiger partial charge < -0.3 is 4.74 Å².